The number of methoxy groups -OCH3 is 1. The lowest BCUT2D eigenvalue weighted by Crippen LogP contribution is -2.31. The second-order valence-corrected chi connectivity index (χ2v) is 4.77. The van der Waals surface area contributed by atoms with Gasteiger partial charge in [-0.15, -0.1) is 0 Å². The van der Waals surface area contributed by atoms with Crippen molar-refractivity contribution in [2.24, 2.45) is 16.8 Å². The van der Waals surface area contributed by atoms with E-state index in [1.807, 2.05) is 6.92 Å². The van der Waals surface area contributed by atoms with Gasteiger partial charge in [0.1, 0.15) is 5.75 Å². The Morgan fingerprint density at radius 3 is 2.62 bits per heavy atom. The molecule has 1 aromatic carbocycles. The average Bonchev–Trinajstić information content (AvgIpc) is 2.79. The first-order valence-electron chi connectivity index (χ1n) is 6.19. The maximum absolute atomic E-state index is 12.7. The first-order chi connectivity index (χ1) is 9.74. The zero-order chi connectivity index (χ0) is 15.8. The van der Waals surface area contributed by atoms with Gasteiger partial charge in [-0.05, 0) is 18.2 Å². The predicted octanol–water partition coefficient (Wildman–Crippen LogP) is 2.26. The van der Waals surface area contributed by atoms with Crippen molar-refractivity contribution in [1.82, 2.24) is 5.01 Å². The van der Waals surface area contributed by atoms with Gasteiger partial charge in [-0.2, -0.15) is 18.3 Å². The molecule has 1 unspecified atom stereocenters. The molecule has 0 saturated carbocycles. The quantitative estimate of drug-likeness (QED) is 0.650. The van der Waals surface area contributed by atoms with Crippen LogP contribution in [0.3, 0.4) is 0 Å². The molecule has 0 bridgehead atoms. The highest BCUT2D eigenvalue weighted by Gasteiger charge is 2.33. The minimum Gasteiger partial charge on any atom is -0.496 e. The normalized spacial score (nSPS) is 18.6. The highest BCUT2D eigenvalue weighted by atomic mass is 19.4. The summed E-state index contributed by atoms with van der Waals surface area (Å²) in [6.45, 7) is 2.27. The third kappa shape index (κ3) is 2.93. The number of rotatable bonds is 2. The van der Waals surface area contributed by atoms with Gasteiger partial charge in [-0.1, -0.05) is 6.92 Å². The van der Waals surface area contributed by atoms with E-state index in [2.05, 4.69) is 5.10 Å². The molecule has 1 aliphatic rings. The Hall–Kier alpha value is -2.25. The summed E-state index contributed by atoms with van der Waals surface area (Å²) in [4.78, 5) is 0. The number of hydrogen-bond donors (Lipinski definition) is 2. The largest absolute Gasteiger partial charge is 0.496 e. The SMILES string of the molecule is COc1cc(C(F)(F)F)ccc1C1=NN(C(=N)N)CC1C. The van der Waals surface area contributed by atoms with Gasteiger partial charge < -0.3 is 10.5 Å². The van der Waals surface area contributed by atoms with E-state index in [-0.39, 0.29) is 17.6 Å². The van der Waals surface area contributed by atoms with E-state index in [1.54, 1.807) is 0 Å². The van der Waals surface area contributed by atoms with Crippen LogP contribution in [0.15, 0.2) is 23.3 Å². The zero-order valence-electron chi connectivity index (χ0n) is 11.5. The van der Waals surface area contributed by atoms with Crippen molar-refractivity contribution in [3.05, 3.63) is 29.3 Å². The summed E-state index contributed by atoms with van der Waals surface area (Å²) in [7, 11) is 1.31. The molecule has 1 aromatic rings. The number of guanidine groups is 1. The lowest BCUT2D eigenvalue weighted by molar-refractivity contribution is -0.137. The maximum atomic E-state index is 12.7. The van der Waals surface area contributed by atoms with Gasteiger partial charge in [-0.3, -0.25) is 5.41 Å². The molecule has 0 radical (unpaired) electrons. The second kappa shape index (κ2) is 5.27. The van der Waals surface area contributed by atoms with E-state index in [0.29, 0.717) is 17.8 Å². The van der Waals surface area contributed by atoms with Crippen molar-refractivity contribution in [2.75, 3.05) is 13.7 Å². The summed E-state index contributed by atoms with van der Waals surface area (Å²) < 4.78 is 43.2. The number of hydrogen-bond acceptors (Lipinski definition) is 3. The number of hydrazone groups is 1. The predicted molar refractivity (Wildman–Crippen MR) is 72.3 cm³/mol. The molecular formula is C13H15F3N4O. The van der Waals surface area contributed by atoms with Crippen LogP contribution in [-0.2, 0) is 6.18 Å². The second-order valence-electron chi connectivity index (χ2n) is 4.77. The lowest BCUT2D eigenvalue weighted by Gasteiger charge is -2.14. The smallest absolute Gasteiger partial charge is 0.416 e. The van der Waals surface area contributed by atoms with Crippen molar-refractivity contribution < 1.29 is 17.9 Å². The van der Waals surface area contributed by atoms with Gasteiger partial charge in [0.25, 0.3) is 0 Å². The van der Waals surface area contributed by atoms with Crippen LogP contribution in [-0.4, -0.2) is 30.3 Å². The Balaban J connectivity index is 2.45. The van der Waals surface area contributed by atoms with Gasteiger partial charge in [0.2, 0.25) is 5.96 Å². The minimum atomic E-state index is -4.43. The molecule has 8 heteroatoms. The zero-order valence-corrected chi connectivity index (χ0v) is 11.5. The van der Waals surface area contributed by atoms with E-state index in [0.717, 1.165) is 12.1 Å². The van der Waals surface area contributed by atoms with Gasteiger partial charge >= 0.3 is 6.18 Å². The fourth-order valence-corrected chi connectivity index (χ4v) is 2.17. The summed E-state index contributed by atoms with van der Waals surface area (Å²) >= 11 is 0. The summed E-state index contributed by atoms with van der Waals surface area (Å²) in [5, 5.41) is 12.8. The molecule has 21 heavy (non-hydrogen) atoms. The Morgan fingerprint density at radius 2 is 2.14 bits per heavy atom. The van der Waals surface area contributed by atoms with Crippen LogP contribution < -0.4 is 10.5 Å². The maximum Gasteiger partial charge on any atom is 0.416 e. The molecule has 0 aliphatic carbocycles. The Labute approximate surface area is 119 Å². The molecule has 5 nitrogen and oxygen atoms in total. The van der Waals surface area contributed by atoms with E-state index >= 15 is 0 Å². The molecule has 3 N–H and O–H groups in total. The molecular weight excluding hydrogens is 285 g/mol. The molecule has 1 aliphatic heterocycles. The van der Waals surface area contributed by atoms with Crippen molar-refractivity contribution in [1.29, 1.82) is 5.41 Å². The number of nitrogens with two attached hydrogens (primary N) is 1. The fourth-order valence-electron chi connectivity index (χ4n) is 2.17. The first kappa shape index (κ1) is 15.1. The minimum absolute atomic E-state index is 0.0699. The monoisotopic (exact) mass is 300 g/mol. The number of ether oxygens (including phenoxy) is 1. The number of halogens is 3. The summed E-state index contributed by atoms with van der Waals surface area (Å²) in [6.07, 6.45) is -4.43. The van der Waals surface area contributed by atoms with Crippen LogP contribution in [0.1, 0.15) is 18.1 Å². The van der Waals surface area contributed by atoms with Gasteiger partial charge in [0.15, 0.2) is 0 Å². The molecule has 2 rings (SSSR count). The molecule has 0 spiro atoms. The summed E-state index contributed by atoms with van der Waals surface area (Å²) in [5.41, 5.74) is 5.62. The first-order valence-corrected chi connectivity index (χ1v) is 6.19. The number of nitrogens with zero attached hydrogens (tertiary/aromatic N) is 2. The molecule has 114 valence electrons. The highest BCUT2D eigenvalue weighted by Crippen LogP contribution is 2.34. The molecule has 0 fully saturated rings. The fraction of sp³-hybridized carbons (Fsp3) is 0.385. The lowest BCUT2D eigenvalue weighted by atomic mass is 9.97. The molecule has 1 heterocycles. The third-order valence-corrected chi connectivity index (χ3v) is 3.22. The average molecular weight is 300 g/mol. The Kier molecular flexibility index (Phi) is 3.80. The van der Waals surface area contributed by atoms with Crippen LogP contribution in [0, 0.1) is 11.3 Å². The van der Waals surface area contributed by atoms with Gasteiger partial charge in [0.05, 0.1) is 24.9 Å². The highest BCUT2D eigenvalue weighted by molar-refractivity contribution is 6.06. The number of benzene rings is 1. The molecule has 0 amide bonds. The van der Waals surface area contributed by atoms with Crippen LogP contribution in [0.5, 0.6) is 5.75 Å². The molecule has 0 saturated heterocycles. The standard InChI is InChI=1S/C13H15F3N4O/c1-7-6-20(12(17)18)19-11(7)9-4-3-8(13(14,15)16)5-10(9)21-2/h3-5,7H,6H2,1-2H3,(H3,17,18). The number of nitrogens with one attached hydrogen (secondary N) is 1. The van der Waals surface area contributed by atoms with Crippen molar-refractivity contribution in [3.63, 3.8) is 0 Å². The molecule has 1 atom stereocenters. The number of alkyl halides is 3. The molecule has 0 aromatic heterocycles. The van der Waals surface area contributed by atoms with E-state index in [1.165, 1.54) is 18.2 Å². The van der Waals surface area contributed by atoms with Crippen molar-refractivity contribution in [3.8, 4) is 5.75 Å². The summed E-state index contributed by atoms with van der Waals surface area (Å²) in [6, 6.07) is 3.27. The van der Waals surface area contributed by atoms with Crippen molar-refractivity contribution >= 4 is 11.7 Å². The van der Waals surface area contributed by atoms with Crippen LogP contribution in [0.4, 0.5) is 13.2 Å². The Bertz CT molecular complexity index is 598. The van der Waals surface area contributed by atoms with Crippen LogP contribution >= 0.6 is 0 Å². The van der Waals surface area contributed by atoms with Crippen LogP contribution in [0.2, 0.25) is 0 Å². The summed E-state index contributed by atoms with van der Waals surface area (Å²) in [5.74, 6) is -0.178. The van der Waals surface area contributed by atoms with Crippen LogP contribution in [0.25, 0.3) is 0 Å². The Morgan fingerprint density at radius 1 is 1.48 bits per heavy atom. The van der Waals surface area contributed by atoms with Crippen molar-refractivity contribution in [2.45, 2.75) is 13.1 Å². The third-order valence-electron chi connectivity index (χ3n) is 3.22. The topological polar surface area (TPSA) is 74.7 Å². The van der Waals surface area contributed by atoms with E-state index in [9.17, 15) is 13.2 Å². The van der Waals surface area contributed by atoms with E-state index in [4.69, 9.17) is 15.9 Å². The van der Waals surface area contributed by atoms with Gasteiger partial charge in [0, 0.05) is 11.5 Å². The van der Waals surface area contributed by atoms with Gasteiger partial charge in [-0.25, -0.2) is 5.01 Å². The van der Waals surface area contributed by atoms with E-state index < -0.39 is 11.7 Å².